The Hall–Kier alpha value is -1.28. The summed E-state index contributed by atoms with van der Waals surface area (Å²) in [5.41, 5.74) is 0.439. The summed E-state index contributed by atoms with van der Waals surface area (Å²) in [5.74, 6) is -0.278. The maximum absolute atomic E-state index is 11.3. The monoisotopic (exact) mass is 241 g/mol. The quantitative estimate of drug-likeness (QED) is 0.823. The number of aromatic amines is 1. The molecule has 0 aliphatic carbocycles. The van der Waals surface area contributed by atoms with Crippen LogP contribution in [-0.2, 0) is 0 Å². The molecule has 1 atom stereocenters. The zero-order valence-electron chi connectivity index (χ0n) is 6.97. The summed E-state index contributed by atoms with van der Waals surface area (Å²) in [4.78, 5) is 14.1. The van der Waals surface area contributed by atoms with Gasteiger partial charge in [-0.25, -0.2) is 0 Å². The number of hydrogen-bond acceptors (Lipinski definition) is 2. The van der Waals surface area contributed by atoms with Gasteiger partial charge < -0.3 is 10.3 Å². The van der Waals surface area contributed by atoms with Crippen LogP contribution in [0.1, 0.15) is 17.4 Å². The topological polar surface area (TPSA) is 68.7 Å². The number of hydrogen-bond donors (Lipinski definition) is 2. The summed E-state index contributed by atoms with van der Waals surface area (Å²) < 4.78 is 0.808. The first-order valence-corrected chi connectivity index (χ1v) is 4.47. The van der Waals surface area contributed by atoms with Gasteiger partial charge in [0.15, 0.2) is 0 Å². The molecule has 1 heterocycles. The molecular formula is C8H8BrN3O. The van der Waals surface area contributed by atoms with Crippen molar-refractivity contribution in [1.82, 2.24) is 10.3 Å². The molecule has 2 N–H and O–H groups in total. The Morgan fingerprint density at radius 3 is 3.00 bits per heavy atom. The highest BCUT2D eigenvalue weighted by Gasteiger charge is 2.09. The Balaban J connectivity index is 2.65. The van der Waals surface area contributed by atoms with Gasteiger partial charge in [0.2, 0.25) is 0 Å². The number of amides is 1. The van der Waals surface area contributed by atoms with Crippen molar-refractivity contribution < 1.29 is 4.79 Å². The average Bonchev–Trinajstić information content (AvgIpc) is 2.51. The average molecular weight is 242 g/mol. The van der Waals surface area contributed by atoms with E-state index in [9.17, 15) is 4.79 Å². The fraction of sp³-hybridized carbons (Fsp3) is 0.250. The Bertz CT molecular complexity index is 353. The minimum Gasteiger partial charge on any atom is -0.356 e. The Kier molecular flexibility index (Phi) is 3.09. The number of carbonyl (C=O) groups excluding carboxylic acids is 1. The van der Waals surface area contributed by atoms with Crippen LogP contribution in [-0.4, -0.2) is 16.9 Å². The smallest absolute Gasteiger partial charge is 0.268 e. The van der Waals surface area contributed by atoms with Crippen molar-refractivity contribution >= 4 is 21.8 Å². The zero-order chi connectivity index (χ0) is 9.84. The van der Waals surface area contributed by atoms with E-state index in [1.807, 2.05) is 6.07 Å². The number of H-pyrrole nitrogens is 1. The first-order valence-electron chi connectivity index (χ1n) is 3.68. The molecule has 13 heavy (non-hydrogen) atoms. The van der Waals surface area contributed by atoms with Crippen molar-refractivity contribution in [2.24, 2.45) is 0 Å². The Labute approximate surface area is 84.1 Å². The maximum atomic E-state index is 11.3. The Morgan fingerprint density at radius 1 is 1.85 bits per heavy atom. The van der Waals surface area contributed by atoms with Crippen molar-refractivity contribution in [3.63, 3.8) is 0 Å². The van der Waals surface area contributed by atoms with E-state index in [0.29, 0.717) is 5.69 Å². The lowest BCUT2D eigenvalue weighted by Gasteiger charge is -2.03. The van der Waals surface area contributed by atoms with Gasteiger partial charge in [-0.05, 0) is 28.9 Å². The van der Waals surface area contributed by atoms with Crippen molar-refractivity contribution in [3.8, 4) is 6.07 Å². The van der Waals surface area contributed by atoms with Crippen LogP contribution >= 0.6 is 15.9 Å². The molecule has 0 bridgehead atoms. The highest BCUT2D eigenvalue weighted by Crippen LogP contribution is 2.10. The van der Waals surface area contributed by atoms with Crippen molar-refractivity contribution in [2.45, 2.75) is 13.0 Å². The van der Waals surface area contributed by atoms with Crippen LogP contribution < -0.4 is 5.32 Å². The predicted molar refractivity (Wildman–Crippen MR) is 51.0 cm³/mol. The molecule has 4 nitrogen and oxygen atoms in total. The van der Waals surface area contributed by atoms with Gasteiger partial charge in [0.1, 0.15) is 11.7 Å². The lowest BCUT2D eigenvalue weighted by molar-refractivity contribution is 0.0943. The summed E-state index contributed by atoms with van der Waals surface area (Å²) in [6, 6.07) is 3.09. The molecule has 0 saturated carbocycles. The summed E-state index contributed by atoms with van der Waals surface area (Å²) in [6.07, 6.45) is 1.66. The number of aromatic nitrogens is 1. The standard InChI is InChI=1S/C8H8BrN3O/c1-5(3-10)12-8(13)7-2-6(9)4-11-7/h2,4-5,11H,1H3,(H,12,13). The summed E-state index contributed by atoms with van der Waals surface area (Å²) in [7, 11) is 0. The highest BCUT2D eigenvalue weighted by atomic mass is 79.9. The molecule has 0 radical (unpaired) electrons. The third kappa shape index (κ3) is 2.60. The van der Waals surface area contributed by atoms with E-state index in [0.717, 1.165) is 4.47 Å². The zero-order valence-corrected chi connectivity index (χ0v) is 8.55. The molecule has 1 rings (SSSR count). The number of rotatable bonds is 2. The third-order valence-corrected chi connectivity index (χ3v) is 1.89. The summed E-state index contributed by atoms with van der Waals surface area (Å²) >= 11 is 3.21. The van der Waals surface area contributed by atoms with Gasteiger partial charge in [0.05, 0.1) is 6.07 Å². The Morgan fingerprint density at radius 2 is 2.54 bits per heavy atom. The normalized spacial score (nSPS) is 11.8. The van der Waals surface area contributed by atoms with Crippen LogP contribution in [0.4, 0.5) is 0 Å². The summed E-state index contributed by atoms with van der Waals surface area (Å²) in [6.45, 7) is 1.62. The molecule has 1 amide bonds. The molecule has 5 heteroatoms. The van der Waals surface area contributed by atoms with Crippen LogP contribution in [0.2, 0.25) is 0 Å². The van der Waals surface area contributed by atoms with Crippen LogP contribution in [0.25, 0.3) is 0 Å². The van der Waals surface area contributed by atoms with Gasteiger partial charge in [-0.3, -0.25) is 4.79 Å². The second kappa shape index (κ2) is 4.10. The predicted octanol–water partition coefficient (Wildman–Crippen LogP) is 1.42. The minimum atomic E-state index is -0.477. The molecule has 0 aliphatic rings. The lowest BCUT2D eigenvalue weighted by Crippen LogP contribution is -2.31. The van der Waals surface area contributed by atoms with Gasteiger partial charge in [-0.1, -0.05) is 0 Å². The van der Waals surface area contributed by atoms with E-state index in [1.165, 1.54) is 0 Å². The minimum absolute atomic E-state index is 0.278. The van der Waals surface area contributed by atoms with Gasteiger partial charge in [-0.15, -0.1) is 0 Å². The van der Waals surface area contributed by atoms with Gasteiger partial charge in [0, 0.05) is 10.7 Å². The van der Waals surface area contributed by atoms with Crippen LogP contribution in [0, 0.1) is 11.3 Å². The molecule has 1 aromatic heterocycles. The lowest BCUT2D eigenvalue weighted by atomic mass is 10.3. The van der Waals surface area contributed by atoms with E-state index < -0.39 is 6.04 Å². The van der Waals surface area contributed by atoms with Gasteiger partial charge in [0.25, 0.3) is 5.91 Å². The van der Waals surface area contributed by atoms with Crippen LogP contribution in [0.5, 0.6) is 0 Å². The second-order valence-corrected chi connectivity index (χ2v) is 3.47. The molecule has 0 fully saturated rings. The second-order valence-electron chi connectivity index (χ2n) is 2.56. The van der Waals surface area contributed by atoms with E-state index in [-0.39, 0.29) is 5.91 Å². The molecule has 0 saturated heterocycles. The maximum Gasteiger partial charge on any atom is 0.268 e. The van der Waals surface area contributed by atoms with Crippen molar-refractivity contribution in [3.05, 3.63) is 22.4 Å². The third-order valence-electron chi connectivity index (χ3n) is 1.43. The highest BCUT2D eigenvalue weighted by molar-refractivity contribution is 9.10. The van der Waals surface area contributed by atoms with Gasteiger partial charge >= 0.3 is 0 Å². The number of nitrogens with one attached hydrogen (secondary N) is 2. The fourth-order valence-corrected chi connectivity index (χ4v) is 1.15. The number of carbonyl (C=O) groups is 1. The first-order chi connectivity index (χ1) is 6.13. The van der Waals surface area contributed by atoms with E-state index in [1.54, 1.807) is 19.2 Å². The van der Waals surface area contributed by atoms with E-state index >= 15 is 0 Å². The van der Waals surface area contributed by atoms with Crippen molar-refractivity contribution in [1.29, 1.82) is 5.26 Å². The SMILES string of the molecule is CC(C#N)NC(=O)c1cc(Br)c[nH]1. The molecular weight excluding hydrogens is 234 g/mol. The molecule has 1 unspecified atom stereocenters. The molecule has 0 aromatic carbocycles. The fourth-order valence-electron chi connectivity index (χ4n) is 0.806. The largest absolute Gasteiger partial charge is 0.356 e. The van der Waals surface area contributed by atoms with Crippen LogP contribution in [0.3, 0.4) is 0 Å². The molecule has 68 valence electrons. The van der Waals surface area contributed by atoms with E-state index in [4.69, 9.17) is 5.26 Å². The first kappa shape index (κ1) is 9.81. The number of nitriles is 1. The van der Waals surface area contributed by atoms with E-state index in [2.05, 4.69) is 26.2 Å². The summed E-state index contributed by atoms with van der Waals surface area (Å²) in [5, 5.41) is 11.0. The van der Waals surface area contributed by atoms with Crippen molar-refractivity contribution in [2.75, 3.05) is 0 Å². The molecule has 0 spiro atoms. The number of halogens is 1. The molecule has 0 aliphatic heterocycles. The van der Waals surface area contributed by atoms with Gasteiger partial charge in [-0.2, -0.15) is 5.26 Å². The molecule has 1 aromatic rings. The van der Waals surface area contributed by atoms with Crippen LogP contribution in [0.15, 0.2) is 16.7 Å². The number of nitrogens with zero attached hydrogens (tertiary/aromatic N) is 1.